The van der Waals surface area contributed by atoms with Gasteiger partial charge in [0.1, 0.15) is 17.2 Å². The van der Waals surface area contributed by atoms with Crippen LogP contribution >= 0.6 is 12.0 Å². The van der Waals surface area contributed by atoms with E-state index in [0.29, 0.717) is 17.8 Å². The van der Waals surface area contributed by atoms with E-state index in [0.717, 1.165) is 42.0 Å². The third-order valence-corrected chi connectivity index (χ3v) is 6.97. The van der Waals surface area contributed by atoms with Gasteiger partial charge in [-0.3, -0.25) is 9.48 Å². The van der Waals surface area contributed by atoms with Gasteiger partial charge in [0.15, 0.2) is 6.29 Å². The second-order valence-electron chi connectivity index (χ2n) is 9.26. The highest BCUT2D eigenvalue weighted by Gasteiger charge is 2.19. The van der Waals surface area contributed by atoms with Crippen LogP contribution in [0.3, 0.4) is 0 Å². The van der Waals surface area contributed by atoms with Gasteiger partial charge in [0.25, 0.3) is 0 Å². The van der Waals surface area contributed by atoms with Gasteiger partial charge < -0.3 is 14.4 Å². The molecular formula is C30H34N4O4S. The topological polar surface area (TPSA) is 68.8 Å². The molecule has 0 saturated carbocycles. The fraction of sp³-hybridized carbons (Fsp3) is 0.267. The molecule has 3 aromatic carbocycles. The van der Waals surface area contributed by atoms with Crippen LogP contribution in [0.15, 0.2) is 77.8 Å². The van der Waals surface area contributed by atoms with Gasteiger partial charge in [0.2, 0.25) is 0 Å². The Morgan fingerprint density at radius 2 is 1.69 bits per heavy atom. The number of nitrogens with zero attached hydrogens (tertiary/aromatic N) is 4. The lowest BCUT2D eigenvalue weighted by Crippen LogP contribution is -2.08. The summed E-state index contributed by atoms with van der Waals surface area (Å²) in [7, 11) is 7.34. The number of aryl methyl sites for hydroxylation is 1. The molecule has 1 aliphatic rings. The first-order valence-corrected chi connectivity index (χ1v) is 13.3. The lowest BCUT2D eigenvalue weighted by Gasteiger charge is -2.14. The number of hydrogen-bond donors (Lipinski definition) is 0. The van der Waals surface area contributed by atoms with Crippen LogP contribution < -0.4 is 14.4 Å². The number of carbonyl (C=O) groups excluding carboxylic acids is 1. The average Bonchev–Trinajstić information content (AvgIpc) is 3.70. The SMILES string of the molecule is COc1cccc(Cn2cc(C=O)c(-c3cccc(OC)c3)n2)c1.Cc1ccc(N(C)C)cc1SON1CC1. The van der Waals surface area contributed by atoms with Gasteiger partial charge in [-0.15, -0.1) is 0 Å². The highest BCUT2D eigenvalue weighted by atomic mass is 32.2. The number of benzene rings is 3. The van der Waals surface area contributed by atoms with E-state index >= 15 is 0 Å². The maximum atomic E-state index is 11.4. The molecule has 0 N–H and O–H groups in total. The fourth-order valence-corrected chi connectivity index (χ4v) is 4.42. The standard InChI is InChI=1S/C19H18N2O3.C11H16N2OS/c1-23-17-7-3-5-14(9-17)11-21-12-16(13-22)19(20-21)15-6-4-8-18(10-15)24-2;1-9-4-5-10(12(2)3)8-11(9)15-14-13-6-7-13/h3-10,12-13H,11H2,1-2H3;4-5,8H,6-7H2,1-3H3. The summed E-state index contributed by atoms with van der Waals surface area (Å²) < 4.78 is 17.7. The maximum Gasteiger partial charge on any atom is 0.153 e. The summed E-state index contributed by atoms with van der Waals surface area (Å²) in [5, 5.41) is 6.50. The smallest absolute Gasteiger partial charge is 0.153 e. The van der Waals surface area contributed by atoms with E-state index in [-0.39, 0.29) is 0 Å². The van der Waals surface area contributed by atoms with Crippen LogP contribution in [0.2, 0.25) is 0 Å². The van der Waals surface area contributed by atoms with Gasteiger partial charge in [-0.2, -0.15) is 10.2 Å². The zero-order valence-corrected chi connectivity index (χ0v) is 23.8. The summed E-state index contributed by atoms with van der Waals surface area (Å²) in [5.41, 5.74) is 5.55. The van der Waals surface area contributed by atoms with E-state index in [4.69, 9.17) is 13.8 Å². The Labute approximate surface area is 234 Å². The number of aldehydes is 1. The van der Waals surface area contributed by atoms with Gasteiger partial charge in [0, 0.05) is 49.5 Å². The van der Waals surface area contributed by atoms with Crippen molar-refractivity contribution in [1.29, 1.82) is 0 Å². The molecule has 0 amide bonds. The van der Waals surface area contributed by atoms with E-state index in [1.165, 1.54) is 28.2 Å². The van der Waals surface area contributed by atoms with Crippen molar-refractivity contribution in [1.82, 2.24) is 14.8 Å². The first kappa shape index (κ1) is 28.2. The summed E-state index contributed by atoms with van der Waals surface area (Å²) in [6.45, 7) is 4.77. The first-order chi connectivity index (χ1) is 18.9. The summed E-state index contributed by atoms with van der Waals surface area (Å²) in [6.07, 6.45) is 2.57. The number of ether oxygens (including phenoxy) is 2. The quantitative estimate of drug-likeness (QED) is 0.142. The molecule has 9 heteroatoms. The first-order valence-electron chi connectivity index (χ1n) is 12.6. The molecule has 1 fully saturated rings. The number of carbonyl (C=O) groups is 1. The molecule has 39 heavy (non-hydrogen) atoms. The van der Waals surface area contributed by atoms with E-state index < -0.39 is 0 Å². The Hall–Kier alpha value is -3.79. The predicted molar refractivity (Wildman–Crippen MR) is 156 cm³/mol. The van der Waals surface area contributed by atoms with Gasteiger partial charge in [-0.05, 0) is 54.4 Å². The third kappa shape index (κ3) is 7.86. The highest BCUT2D eigenvalue weighted by Crippen LogP contribution is 2.30. The van der Waals surface area contributed by atoms with Crippen molar-refractivity contribution < 1.29 is 18.6 Å². The van der Waals surface area contributed by atoms with Crippen LogP contribution in [0, 0.1) is 6.92 Å². The predicted octanol–water partition coefficient (Wildman–Crippen LogP) is 5.74. The number of hydroxylamine groups is 2. The second-order valence-corrected chi connectivity index (χ2v) is 10.0. The molecule has 0 unspecified atom stereocenters. The van der Waals surface area contributed by atoms with Crippen LogP contribution in [0.25, 0.3) is 11.3 Å². The van der Waals surface area contributed by atoms with E-state index in [1.54, 1.807) is 25.1 Å². The zero-order valence-electron chi connectivity index (χ0n) is 23.0. The third-order valence-electron chi connectivity index (χ3n) is 6.07. The molecule has 0 aliphatic carbocycles. The summed E-state index contributed by atoms with van der Waals surface area (Å²) >= 11 is 1.45. The summed E-state index contributed by atoms with van der Waals surface area (Å²) in [4.78, 5) is 14.7. The van der Waals surface area contributed by atoms with Gasteiger partial charge in [0.05, 0.1) is 38.4 Å². The largest absolute Gasteiger partial charge is 0.497 e. The normalized spacial score (nSPS) is 12.3. The van der Waals surface area contributed by atoms with Gasteiger partial charge >= 0.3 is 0 Å². The molecule has 1 aromatic heterocycles. The molecular weight excluding hydrogens is 512 g/mol. The van der Waals surface area contributed by atoms with Gasteiger partial charge in [-0.1, -0.05) is 30.3 Å². The molecule has 0 radical (unpaired) electrons. The number of aromatic nitrogens is 2. The molecule has 1 saturated heterocycles. The lowest BCUT2D eigenvalue weighted by atomic mass is 10.1. The summed E-state index contributed by atoms with van der Waals surface area (Å²) in [5.74, 6) is 1.52. The average molecular weight is 547 g/mol. The zero-order chi connectivity index (χ0) is 27.8. The number of anilines is 1. The van der Waals surface area contributed by atoms with Crippen molar-refractivity contribution >= 4 is 24.0 Å². The van der Waals surface area contributed by atoms with Crippen LogP contribution in [0.4, 0.5) is 5.69 Å². The van der Waals surface area contributed by atoms with E-state index in [9.17, 15) is 4.79 Å². The number of methoxy groups -OCH3 is 2. The van der Waals surface area contributed by atoms with Crippen LogP contribution in [0.1, 0.15) is 21.5 Å². The van der Waals surface area contributed by atoms with Crippen molar-refractivity contribution in [3.05, 3.63) is 89.6 Å². The van der Waals surface area contributed by atoms with Crippen LogP contribution in [-0.2, 0) is 10.8 Å². The van der Waals surface area contributed by atoms with Crippen LogP contribution in [-0.4, -0.2) is 62.5 Å². The van der Waals surface area contributed by atoms with Gasteiger partial charge in [-0.25, -0.2) is 4.28 Å². The van der Waals surface area contributed by atoms with E-state index in [2.05, 4.69) is 35.1 Å². The van der Waals surface area contributed by atoms with Crippen molar-refractivity contribution in [3.63, 3.8) is 0 Å². The molecule has 2 heterocycles. The monoisotopic (exact) mass is 546 g/mol. The van der Waals surface area contributed by atoms with Crippen molar-refractivity contribution in [3.8, 4) is 22.8 Å². The van der Waals surface area contributed by atoms with Crippen molar-refractivity contribution in [2.45, 2.75) is 18.4 Å². The Morgan fingerprint density at radius 1 is 0.974 bits per heavy atom. The fourth-order valence-electron chi connectivity index (χ4n) is 3.72. The highest BCUT2D eigenvalue weighted by molar-refractivity contribution is 7.94. The molecule has 0 spiro atoms. The molecule has 4 aromatic rings. The lowest BCUT2D eigenvalue weighted by molar-refractivity contribution is 0.102. The Bertz CT molecular complexity index is 1400. The Balaban J connectivity index is 0.000000202. The van der Waals surface area contributed by atoms with Crippen LogP contribution in [0.5, 0.6) is 11.5 Å². The second kappa shape index (κ2) is 13.3. The molecule has 5 rings (SSSR count). The van der Waals surface area contributed by atoms with Crippen molar-refractivity contribution in [2.75, 3.05) is 46.3 Å². The van der Waals surface area contributed by atoms with E-state index in [1.807, 2.05) is 67.7 Å². The maximum absolute atomic E-state index is 11.4. The molecule has 8 nitrogen and oxygen atoms in total. The minimum atomic E-state index is 0.547. The number of rotatable bonds is 10. The minimum absolute atomic E-state index is 0.547. The minimum Gasteiger partial charge on any atom is -0.497 e. The Kier molecular flexibility index (Phi) is 9.64. The van der Waals surface area contributed by atoms with Crippen molar-refractivity contribution in [2.24, 2.45) is 0 Å². The molecule has 0 bridgehead atoms. The molecule has 204 valence electrons. The Morgan fingerprint density at radius 3 is 2.36 bits per heavy atom. The summed E-state index contributed by atoms with van der Waals surface area (Å²) in [6, 6.07) is 21.7. The molecule has 0 atom stereocenters. The molecule has 1 aliphatic heterocycles. The number of hydrogen-bond acceptors (Lipinski definition) is 8.